The van der Waals surface area contributed by atoms with Crippen molar-refractivity contribution in [2.75, 3.05) is 13.2 Å². The molecule has 0 aromatic carbocycles. The van der Waals surface area contributed by atoms with Gasteiger partial charge in [-0.2, -0.15) is 0 Å². The summed E-state index contributed by atoms with van der Waals surface area (Å²) in [6, 6.07) is 0. The van der Waals surface area contributed by atoms with Gasteiger partial charge in [0, 0.05) is 12.8 Å². The molecular weight excluding hydrogens is 693 g/mol. The van der Waals surface area contributed by atoms with Crippen LogP contribution in [0.15, 0.2) is 12.2 Å². The van der Waals surface area contributed by atoms with E-state index in [0.29, 0.717) is 12.8 Å². The van der Waals surface area contributed by atoms with E-state index in [0.717, 1.165) is 38.5 Å². The second-order valence-electron chi connectivity index (χ2n) is 17.3. The van der Waals surface area contributed by atoms with Crippen molar-refractivity contribution in [2.24, 2.45) is 0 Å². The Morgan fingerprint density at radius 3 is 0.964 bits per heavy atom. The predicted molar refractivity (Wildman–Crippen MR) is 242 cm³/mol. The second-order valence-corrected chi connectivity index (χ2v) is 17.3. The van der Waals surface area contributed by atoms with E-state index in [2.05, 4.69) is 26.0 Å². The van der Waals surface area contributed by atoms with Crippen LogP contribution in [0.3, 0.4) is 0 Å². The highest BCUT2D eigenvalue weighted by Gasteiger charge is 2.16. The van der Waals surface area contributed by atoms with Gasteiger partial charge in [0.25, 0.3) is 0 Å². The third-order valence-electron chi connectivity index (χ3n) is 11.6. The minimum absolute atomic E-state index is 0.0586. The van der Waals surface area contributed by atoms with Gasteiger partial charge >= 0.3 is 11.9 Å². The molecule has 5 nitrogen and oxygen atoms in total. The minimum atomic E-state index is -0.763. The molecule has 332 valence electrons. The Hall–Kier alpha value is -1.36. The summed E-state index contributed by atoms with van der Waals surface area (Å²) < 4.78 is 10.6. The molecule has 1 unspecified atom stereocenters. The number of aliphatic hydroxyl groups excluding tert-OH is 1. The molecule has 0 saturated heterocycles. The van der Waals surface area contributed by atoms with Gasteiger partial charge in [-0.25, -0.2) is 0 Å². The molecule has 0 rings (SSSR count). The molecule has 0 amide bonds. The van der Waals surface area contributed by atoms with Gasteiger partial charge in [0.1, 0.15) is 6.61 Å². The van der Waals surface area contributed by atoms with Crippen LogP contribution in [0.4, 0.5) is 0 Å². The monoisotopic (exact) mass is 791 g/mol. The molecule has 0 aromatic heterocycles. The van der Waals surface area contributed by atoms with Crippen LogP contribution in [0.25, 0.3) is 0 Å². The Morgan fingerprint density at radius 1 is 0.393 bits per heavy atom. The van der Waals surface area contributed by atoms with E-state index in [1.807, 2.05) is 0 Å². The van der Waals surface area contributed by atoms with Gasteiger partial charge in [-0.3, -0.25) is 9.59 Å². The maximum atomic E-state index is 12.2. The lowest BCUT2D eigenvalue weighted by Crippen LogP contribution is -2.28. The normalized spacial score (nSPS) is 12.1. The van der Waals surface area contributed by atoms with E-state index in [-0.39, 0.29) is 25.2 Å². The molecule has 0 radical (unpaired) electrons. The molecule has 0 heterocycles. The van der Waals surface area contributed by atoms with Crippen molar-refractivity contribution in [1.82, 2.24) is 0 Å². The first kappa shape index (κ1) is 54.6. The van der Waals surface area contributed by atoms with E-state index in [9.17, 15) is 14.7 Å². The first-order valence-corrected chi connectivity index (χ1v) is 25.2. The number of hydrogen-bond donors (Lipinski definition) is 1. The van der Waals surface area contributed by atoms with Crippen molar-refractivity contribution in [2.45, 2.75) is 290 Å². The third-order valence-corrected chi connectivity index (χ3v) is 11.6. The fraction of sp³-hybridized carbons (Fsp3) is 0.922. The highest BCUT2D eigenvalue weighted by Crippen LogP contribution is 2.17. The van der Waals surface area contributed by atoms with Crippen LogP contribution in [-0.2, 0) is 19.1 Å². The topological polar surface area (TPSA) is 72.8 Å². The molecular formula is C51H98O5. The van der Waals surface area contributed by atoms with Gasteiger partial charge in [-0.1, -0.05) is 244 Å². The Kier molecular flexibility index (Phi) is 46.8. The Balaban J connectivity index is 3.35. The lowest BCUT2D eigenvalue weighted by molar-refractivity contribution is -0.161. The Morgan fingerprint density at radius 2 is 0.661 bits per heavy atom. The van der Waals surface area contributed by atoms with E-state index in [1.165, 1.54) is 218 Å². The summed E-state index contributed by atoms with van der Waals surface area (Å²) in [6.07, 6.45) is 57.7. The summed E-state index contributed by atoms with van der Waals surface area (Å²) in [7, 11) is 0. The number of hydrogen-bond acceptors (Lipinski definition) is 5. The van der Waals surface area contributed by atoms with E-state index >= 15 is 0 Å². The van der Waals surface area contributed by atoms with E-state index < -0.39 is 6.10 Å². The fourth-order valence-electron chi connectivity index (χ4n) is 7.73. The van der Waals surface area contributed by atoms with Gasteiger partial charge < -0.3 is 14.6 Å². The summed E-state index contributed by atoms with van der Waals surface area (Å²) in [5.41, 5.74) is 0. The lowest BCUT2D eigenvalue weighted by atomic mass is 10.0. The van der Waals surface area contributed by atoms with Crippen LogP contribution in [0.5, 0.6) is 0 Å². The fourth-order valence-corrected chi connectivity index (χ4v) is 7.73. The van der Waals surface area contributed by atoms with Crippen LogP contribution >= 0.6 is 0 Å². The van der Waals surface area contributed by atoms with Crippen molar-refractivity contribution in [1.29, 1.82) is 0 Å². The molecule has 0 saturated carbocycles. The molecule has 0 fully saturated rings. The molecule has 1 atom stereocenters. The highest BCUT2D eigenvalue weighted by atomic mass is 16.6. The van der Waals surface area contributed by atoms with E-state index in [1.54, 1.807) is 0 Å². The van der Waals surface area contributed by atoms with Crippen LogP contribution in [0.2, 0.25) is 0 Å². The Labute approximate surface area is 350 Å². The standard InChI is InChI=1S/C51H98O5/c1-3-5-7-9-11-13-14-15-16-17-18-19-20-21-22-23-24-25-26-27-28-29-30-31-32-33-34-35-36-38-40-42-44-46-51(54)56-49(47-52)48-55-50(53)45-43-41-39-37-12-10-8-6-4-2/h17-18,49,52H,3-16,19-48H2,1-2H3/b18-17-. The summed E-state index contributed by atoms with van der Waals surface area (Å²) in [6.45, 7) is 4.15. The molecule has 56 heavy (non-hydrogen) atoms. The number of ether oxygens (including phenoxy) is 2. The largest absolute Gasteiger partial charge is 0.462 e. The maximum Gasteiger partial charge on any atom is 0.306 e. The number of carbonyl (C=O) groups excluding carboxylic acids is 2. The van der Waals surface area contributed by atoms with Gasteiger partial charge in [0.2, 0.25) is 0 Å². The molecule has 0 aliphatic rings. The number of rotatable bonds is 47. The summed E-state index contributed by atoms with van der Waals surface area (Å²) in [4.78, 5) is 24.2. The first-order valence-electron chi connectivity index (χ1n) is 25.2. The quantitative estimate of drug-likeness (QED) is 0.0378. The zero-order valence-corrected chi connectivity index (χ0v) is 37.9. The average Bonchev–Trinajstić information content (AvgIpc) is 3.20. The van der Waals surface area contributed by atoms with Gasteiger partial charge in [-0.05, 0) is 38.5 Å². The van der Waals surface area contributed by atoms with Crippen molar-refractivity contribution in [3.8, 4) is 0 Å². The molecule has 0 bridgehead atoms. The molecule has 5 heteroatoms. The zero-order valence-electron chi connectivity index (χ0n) is 37.9. The second kappa shape index (κ2) is 48.0. The van der Waals surface area contributed by atoms with Crippen molar-refractivity contribution in [3.05, 3.63) is 12.2 Å². The summed E-state index contributed by atoms with van der Waals surface area (Å²) in [5.74, 6) is -0.578. The van der Waals surface area contributed by atoms with Gasteiger partial charge in [-0.15, -0.1) is 0 Å². The highest BCUT2D eigenvalue weighted by molar-refractivity contribution is 5.70. The predicted octanol–water partition coefficient (Wildman–Crippen LogP) is 16.4. The third kappa shape index (κ3) is 45.3. The van der Waals surface area contributed by atoms with Gasteiger partial charge in [0.05, 0.1) is 6.61 Å². The zero-order chi connectivity index (χ0) is 40.7. The van der Waals surface area contributed by atoms with Crippen molar-refractivity contribution >= 4 is 11.9 Å². The molecule has 0 aromatic rings. The molecule has 1 N–H and O–H groups in total. The number of aliphatic hydroxyl groups is 1. The summed E-state index contributed by atoms with van der Waals surface area (Å²) in [5, 5.41) is 9.56. The van der Waals surface area contributed by atoms with Crippen LogP contribution in [0, 0.1) is 0 Å². The number of esters is 2. The minimum Gasteiger partial charge on any atom is -0.462 e. The van der Waals surface area contributed by atoms with Crippen molar-refractivity contribution < 1.29 is 24.2 Å². The van der Waals surface area contributed by atoms with Crippen LogP contribution < -0.4 is 0 Å². The smallest absolute Gasteiger partial charge is 0.306 e. The number of carbonyl (C=O) groups is 2. The maximum absolute atomic E-state index is 12.2. The van der Waals surface area contributed by atoms with Crippen molar-refractivity contribution in [3.63, 3.8) is 0 Å². The summed E-state index contributed by atoms with van der Waals surface area (Å²) >= 11 is 0. The first-order chi connectivity index (χ1) is 27.6. The molecule has 0 aliphatic heterocycles. The van der Waals surface area contributed by atoms with Crippen LogP contribution in [0.1, 0.15) is 284 Å². The van der Waals surface area contributed by atoms with E-state index in [4.69, 9.17) is 9.47 Å². The SMILES string of the molecule is CCCCCCCCCC/C=C\CCCCCCCCCCCCCCCCCCCCCCCC(=O)OC(CO)COC(=O)CCCCCCCCCCC. The number of unbranched alkanes of at least 4 members (excludes halogenated alkanes) is 37. The lowest BCUT2D eigenvalue weighted by Gasteiger charge is -2.15. The van der Waals surface area contributed by atoms with Gasteiger partial charge in [0.15, 0.2) is 6.10 Å². The van der Waals surface area contributed by atoms with Crippen LogP contribution in [-0.4, -0.2) is 36.4 Å². The molecule has 0 spiro atoms. The molecule has 0 aliphatic carbocycles. The average molecular weight is 791 g/mol. The Bertz CT molecular complexity index is 810. The number of allylic oxidation sites excluding steroid dienone is 2.